The summed E-state index contributed by atoms with van der Waals surface area (Å²) in [6.07, 6.45) is 2.96. The van der Waals surface area contributed by atoms with Gasteiger partial charge in [-0.15, -0.1) is 12.4 Å². The molecule has 2 N–H and O–H groups in total. The summed E-state index contributed by atoms with van der Waals surface area (Å²) in [7, 11) is 0. The molecular formula is C15H19Cl2N3O. The Labute approximate surface area is 135 Å². The van der Waals surface area contributed by atoms with Crippen molar-refractivity contribution in [3.05, 3.63) is 46.6 Å². The molecule has 0 spiro atoms. The highest BCUT2D eigenvalue weighted by atomic mass is 35.5. The monoisotopic (exact) mass is 327 g/mol. The highest BCUT2D eigenvalue weighted by Crippen LogP contribution is 2.39. The second kappa shape index (κ2) is 5.59. The van der Waals surface area contributed by atoms with Gasteiger partial charge in [-0.2, -0.15) is 4.98 Å². The van der Waals surface area contributed by atoms with Crippen LogP contribution in [0.5, 0.6) is 0 Å². The average Bonchev–Trinajstić information content (AvgIpc) is 2.86. The lowest BCUT2D eigenvalue weighted by atomic mass is 9.77. The van der Waals surface area contributed by atoms with Gasteiger partial charge in [0, 0.05) is 5.02 Å². The molecule has 0 saturated heterocycles. The molecule has 1 aromatic heterocycles. The van der Waals surface area contributed by atoms with Crippen molar-refractivity contribution in [1.82, 2.24) is 10.1 Å². The molecule has 0 aliphatic heterocycles. The predicted molar refractivity (Wildman–Crippen MR) is 84.8 cm³/mol. The highest BCUT2D eigenvalue weighted by molar-refractivity contribution is 6.30. The molecule has 0 radical (unpaired) electrons. The van der Waals surface area contributed by atoms with E-state index in [9.17, 15) is 0 Å². The van der Waals surface area contributed by atoms with Crippen LogP contribution in [0.1, 0.15) is 50.4 Å². The van der Waals surface area contributed by atoms with E-state index in [1.807, 2.05) is 38.1 Å². The Balaban J connectivity index is 0.00000161. The molecule has 114 valence electrons. The number of hydrogen-bond acceptors (Lipinski definition) is 4. The predicted octanol–water partition coefficient (Wildman–Crippen LogP) is 3.81. The van der Waals surface area contributed by atoms with Gasteiger partial charge in [0.25, 0.3) is 0 Å². The number of rotatable bonds is 3. The summed E-state index contributed by atoms with van der Waals surface area (Å²) in [5.41, 5.74) is 6.49. The summed E-state index contributed by atoms with van der Waals surface area (Å²) in [5, 5.41) is 4.78. The van der Waals surface area contributed by atoms with Crippen LogP contribution in [-0.2, 0) is 11.0 Å². The molecule has 1 fully saturated rings. The SMILES string of the molecule is CC(C)(c1cccc(Cl)c1)c1nc(C2(N)CCC2)no1.Cl. The van der Waals surface area contributed by atoms with Gasteiger partial charge in [-0.25, -0.2) is 0 Å². The van der Waals surface area contributed by atoms with E-state index in [4.69, 9.17) is 21.9 Å². The van der Waals surface area contributed by atoms with Crippen LogP contribution < -0.4 is 5.73 Å². The molecule has 1 aromatic carbocycles. The van der Waals surface area contributed by atoms with Crippen LogP contribution in [0.15, 0.2) is 28.8 Å². The molecule has 3 rings (SSSR count). The van der Waals surface area contributed by atoms with Gasteiger partial charge in [-0.05, 0) is 50.8 Å². The Bertz CT molecular complexity index is 635. The van der Waals surface area contributed by atoms with Gasteiger partial charge in [-0.3, -0.25) is 0 Å². The Hall–Kier alpha value is -1.10. The normalized spacial score (nSPS) is 17.0. The molecule has 4 nitrogen and oxygen atoms in total. The van der Waals surface area contributed by atoms with Gasteiger partial charge in [0.15, 0.2) is 5.82 Å². The van der Waals surface area contributed by atoms with Gasteiger partial charge in [-0.1, -0.05) is 28.9 Å². The molecule has 1 saturated carbocycles. The van der Waals surface area contributed by atoms with Crippen molar-refractivity contribution >= 4 is 24.0 Å². The Kier molecular flexibility index (Phi) is 4.34. The van der Waals surface area contributed by atoms with Crippen LogP contribution in [0, 0.1) is 0 Å². The van der Waals surface area contributed by atoms with Crippen LogP contribution >= 0.6 is 24.0 Å². The maximum Gasteiger partial charge on any atom is 0.236 e. The fourth-order valence-electron chi connectivity index (χ4n) is 2.46. The van der Waals surface area contributed by atoms with E-state index in [0.717, 1.165) is 24.8 Å². The fraction of sp³-hybridized carbons (Fsp3) is 0.467. The fourth-order valence-corrected chi connectivity index (χ4v) is 2.65. The number of halogens is 2. The molecule has 2 aromatic rings. The third kappa shape index (κ3) is 2.80. The molecule has 21 heavy (non-hydrogen) atoms. The molecule has 0 bridgehead atoms. The number of benzene rings is 1. The molecular weight excluding hydrogens is 309 g/mol. The molecule has 1 aliphatic carbocycles. The Morgan fingerprint density at radius 1 is 1.33 bits per heavy atom. The number of aromatic nitrogens is 2. The zero-order valence-corrected chi connectivity index (χ0v) is 13.7. The van der Waals surface area contributed by atoms with Crippen molar-refractivity contribution in [2.24, 2.45) is 5.73 Å². The maximum atomic E-state index is 6.24. The zero-order chi connectivity index (χ0) is 14.4. The van der Waals surface area contributed by atoms with Crippen LogP contribution in [0.25, 0.3) is 0 Å². The summed E-state index contributed by atoms with van der Waals surface area (Å²) in [6.45, 7) is 4.08. The van der Waals surface area contributed by atoms with Gasteiger partial charge < -0.3 is 10.3 Å². The first-order chi connectivity index (χ1) is 9.42. The largest absolute Gasteiger partial charge is 0.338 e. The van der Waals surface area contributed by atoms with E-state index in [-0.39, 0.29) is 12.4 Å². The second-order valence-electron chi connectivity index (χ2n) is 6.07. The highest BCUT2D eigenvalue weighted by Gasteiger charge is 2.40. The van der Waals surface area contributed by atoms with Crippen molar-refractivity contribution < 1.29 is 4.52 Å². The third-order valence-electron chi connectivity index (χ3n) is 4.20. The standard InChI is InChI=1S/C15H18ClN3O.ClH/c1-14(2,10-5-3-6-11(16)9-10)13-18-12(19-20-13)15(17)7-4-8-15;/h3,5-6,9H,4,7-8,17H2,1-2H3;1H. The molecule has 0 amide bonds. The minimum Gasteiger partial charge on any atom is -0.338 e. The lowest BCUT2D eigenvalue weighted by Gasteiger charge is -2.34. The lowest BCUT2D eigenvalue weighted by molar-refractivity contribution is 0.228. The van der Waals surface area contributed by atoms with Gasteiger partial charge in [0.1, 0.15) is 0 Å². The van der Waals surface area contributed by atoms with Crippen LogP contribution in [0.2, 0.25) is 5.02 Å². The Morgan fingerprint density at radius 3 is 2.62 bits per heavy atom. The number of nitrogens with two attached hydrogens (primary N) is 1. The van der Waals surface area contributed by atoms with E-state index in [1.54, 1.807) is 0 Å². The minimum absolute atomic E-state index is 0. The van der Waals surface area contributed by atoms with E-state index in [0.29, 0.717) is 16.7 Å². The second-order valence-corrected chi connectivity index (χ2v) is 6.50. The van der Waals surface area contributed by atoms with Crippen molar-refractivity contribution in [3.63, 3.8) is 0 Å². The molecule has 0 unspecified atom stereocenters. The smallest absolute Gasteiger partial charge is 0.236 e. The molecule has 1 heterocycles. The van der Waals surface area contributed by atoms with Gasteiger partial charge in [0.05, 0.1) is 11.0 Å². The summed E-state index contributed by atoms with van der Waals surface area (Å²) >= 11 is 6.06. The van der Waals surface area contributed by atoms with E-state index in [1.165, 1.54) is 0 Å². The van der Waals surface area contributed by atoms with E-state index < -0.39 is 11.0 Å². The average molecular weight is 328 g/mol. The van der Waals surface area contributed by atoms with Crippen molar-refractivity contribution in [3.8, 4) is 0 Å². The van der Waals surface area contributed by atoms with E-state index >= 15 is 0 Å². The summed E-state index contributed by atoms with van der Waals surface area (Å²) in [4.78, 5) is 4.54. The van der Waals surface area contributed by atoms with Crippen molar-refractivity contribution in [1.29, 1.82) is 0 Å². The quantitative estimate of drug-likeness (QED) is 0.930. The van der Waals surface area contributed by atoms with Crippen molar-refractivity contribution in [2.75, 3.05) is 0 Å². The van der Waals surface area contributed by atoms with Crippen LogP contribution in [-0.4, -0.2) is 10.1 Å². The first-order valence-electron chi connectivity index (χ1n) is 6.81. The number of hydrogen-bond donors (Lipinski definition) is 1. The Morgan fingerprint density at radius 2 is 2.05 bits per heavy atom. The summed E-state index contributed by atoms with van der Waals surface area (Å²) in [5.74, 6) is 1.19. The molecule has 6 heteroatoms. The summed E-state index contributed by atoms with van der Waals surface area (Å²) < 4.78 is 5.46. The first kappa shape index (κ1) is 16.3. The maximum absolute atomic E-state index is 6.24. The molecule has 1 aliphatic rings. The first-order valence-corrected chi connectivity index (χ1v) is 7.19. The zero-order valence-electron chi connectivity index (χ0n) is 12.1. The van der Waals surface area contributed by atoms with Gasteiger partial charge in [0.2, 0.25) is 5.89 Å². The minimum atomic E-state index is -0.397. The third-order valence-corrected chi connectivity index (χ3v) is 4.43. The van der Waals surface area contributed by atoms with Crippen LogP contribution in [0.3, 0.4) is 0 Å². The lowest BCUT2D eigenvalue weighted by Crippen LogP contribution is -2.44. The van der Waals surface area contributed by atoms with Crippen LogP contribution in [0.4, 0.5) is 0 Å². The topological polar surface area (TPSA) is 64.9 Å². The number of nitrogens with zero attached hydrogens (tertiary/aromatic N) is 2. The van der Waals surface area contributed by atoms with E-state index in [2.05, 4.69) is 10.1 Å². The molecule has 0 atom stereocenters. The van der Waals surface area contributed by atoms with Crippen molar-refractivity contribution in [2.45, 2.75) is 44.1 Å². The van der Waals surface area contributed by atoms with Gasteiger partial charge >= 0.3 is 0 Å². The summed E-state index contributed by atoms with van der Waals surface area (Å²) in [6, 6.07) is 7.71.